The highest BCUT2D eigenvalue weighted by Gasteiger charge is 2.38. The van der Waals surface area contributed by atoms with Gasteiger partial charge < -0.3 is 76.7 Å². The number of primary amides is 1. The number of benzene rings is 1. The van der Waals surface area contributed by atoms with E-state index in [1.54, 1.807) is 162 Å². The number of carbonyl (C=O) groups excluding carboxylic acids is 14. The van der Waals surface area contributed by atoms with Gasteiger partial charge in [-0.3, -0.25) is 57.5 Å². The van der Waals surface area contributed by atoms with Gasteiger partial charge >= 0.3 is 35.9 Å². The molecule has 0 aliphatic carbocycles. The van der Waals surface area contributed by atoms with Gasteiger partial charge in [0.15, 0.2) is 0 Å². The van der Waals surface area contributed by atoms with E-state index in [1.807, 2.05) is 0 Å². The largest absolute Gasteiger partial charge is 0.460 e. The molecule has 0 saturated heterocycles. The van der Waals surface area contributed by atoms with E-state index < -0.39 is 216 Å². The van der Waals surface area contributed by atoms with Crippen LogP contribution in [0.5, 0.6) is 0 Å². The van der Waals surface area contributed by atoms with Crippen LogP contribution in [0.3, 0.4) is 0 Å². The van der Waals surface area contributed by atoms with E-state index in [0.29, 0.717) is 5.56 Å². The van der Waals surface area contributed by atoms with Crippen LogP contribution in [-0.4, -0.2) is 160 Å². The molecular formula is C65H105N9O20. The standard InChI is InChI=1S/C65H105N9O20/c1-36(2)50(74-58(86)51(37(3)4)73-56(84)43(29-33-49(79)93-64(15,16)17)72-60(88)89-35-39-24-22-21-23-25-39)57(85)70-42(28-32-48(78)92-63(12,13)14)54(82)69-40(26-30-46(76)90-61(6,7)8)53(81)67-38(5)52(80)68-41(27-31-47(77)91-62(9,10)11)55(83)71-44(34-45(66)75)59(87)94-65(18,19)20/h21-25,36-38,40-44,50-51H,26-35H2,1-20H3,(H2,66,75)(H,67,81)(H,68,80)(H,69,82)(H,70,85)(H,71,83)(H,72,88)(H,73,84)(H,74,86)/t38-,40-,41-,42-,43-,44-,50-,51-/m0/s1. The van der Waals surface area contributed by atoms with Crippen molar-refractivity contribution in [2.45, 2.75) is 279 Å². The quantitative estimate of drug-likeness (QED) is 0.0351. The fourth-order valence-corrected chi connectivity index (χ4v) is 8.42. The summed E-state index contributed by atoms with van der Waals surface area (Å²) >= 11 is 0. The Morgan fingerprint density at radius 1 is 0.372 bits per heavy atom. The van der Waals surface area contributed by atoms with E-state index in [2.05, 4.69) is 42.5 Å². The minimum absolute atomic E-state index is 0.158. The molecule has 10 N–H and O–H groups in total. The molecule has 8 atom stereocenters. The number of rotatable bonds is 34. The number of ether oxygens (including phenoxy) is 6. The third-order valence-electron chi connectivity index (χ3n) is 12.6. The number of nitrogens with one attached hydrogen (secondary N) is 8. The molecule has 0 saturated carbocycles. The molecule has 29 nitrogen and oxygen atoms in total. The van der Waals surface area contributed by atoms with Gasteiger partial charge in [-0.25, -0.2) is 9.59 Å². The van der Waals surface area contributed by atoms with Crippen LogP contribution < -0.4 is 48.3 Å². The molecule has 0 radical (unpaired) electrons. The van der Waals surface area contributed by atoms with E-state index in [1.165, 1.54) is 6.92 Å². The molecule has 0 heterocycles. The van der Waals surface area contributed by atoms with Crippen LogP contribution >= 0.6 is 0 Å². The van der Waals surface area contributed by atoms with Crippen molar-refractivity contribution >= 4 is 83.2 Å². The maximum absolute atomic E-state index is 14.6. The fraction of sp³-hybridized carbons (Fsp3) is 0.692. The predicted octanol–water partition coefficient (Wildman–Crippen LogP) is 3.71. The number of carbonyl (C=O) groups is 14. The van der Waals surface area contributed by atoms with Gasteiger partial charge in [0.1, 0.15) is 82.9 Å². The Morgan fingerprint density at radius 2 is 0.670 bits per heavy atom. The third-order valence-corrected chi connectivity index (χ3v) is 12.6. The van der Waals surface area contributed by atoms with Gasteiger partial charge in [0.2, 0.25) is 47.3 Å². The molecule has 0 aliphatic heterocycles. The summed E-state index contributed by atoms with van der Waals surface area (Å²) in [7, 11) is 0. The predicted molar refractivity (Wildman–Crippen MR) is 342 cm³/mol. The minimum Gasteiger partial charge on any atom is -0.460 e. The van der Waals surface area contributed by atoms with E-state index >= 15 is 0 Å². The van der Waals surface area contributed by atoms with Gasteiger partial charge in [0.05, 0.1) is 6.42 Å². The Balaban J connectivity index is 3.75. The lowest BCUT2D eigenvalue weighted by Gasteiger charge is -2.30. The van der Waals surface area contributed by atoms with Crippen LogP contribution in [0.25, 0.3) is 0 Å². The molecule has 530 valence electrons. The number of alkyl carbamates (subject to hydrolysis) is 1. The van der Waals surface area contributed by atoms with Gasteiger partial charge in [-0.05, 0) is 154 Å². The van der Waals surface area contributed by atoms with Crippen molar-refractivity contribution in [1.29, 1.82) is 0 Å². The molecule has 1 rings (SSSR count). The number of hydrogen-bond acceptors (Lipinski definition) is 20. The highest BCUT2D eigenvalue weighted by atomic mass is 16.6. The second-order valence-electron chi connectivity index (χ2n) is 28.4. The first-order chi connectivity index (χ1) is 42.9. The maximum Gasteiger partial charge on any atom is 0.408 e. The first-order valence-corrected chi connectivity index (χ1v) is 31.4. The van der Waals surface area contributed by atoms with Crippen molar-refractivity contribution in [2.75, 3.05) is 0 Å². The summed E-state index contributed by atoms with van der Waals surface area (Å²) in [6.07, 6.45) is -5.17. The molecule has 29 heteroatoms. The zero-order valence-electron chi connectivity index (χ0n) is 58.5. The Hall–Kier alpha value is -8.40. The fourth-order valence-electron chi connectivity index (χ4n) is 8.42. The number of nitrogens with two attached hydrogens (primary N) is 1. The van der Waals surface area contributed by atoms with Crippen molar-refractivity contribution in [3.05, 3.63) is 35.9 Å². The number of amides is 9. The maximum atomic E-state index is 14.6. The summed E-state index contributed by atoms with van der Waals surface area (Å²) in [5.74, 6) is -13.5. The molecule has 94 heavy (non-hydrogen) atoms. The molecule has 1 aromatic carbocycles. The topological polar surface area (TPSA) is 417 Å². The second kappa shape index (κ2) is 37.5. The Labute approximate surface area is 552 Å². The van der Waals surface area contributed by atoms with Crippen molar-refractivity contribution in [3.63, 3.8) is 0 Å². The molecule has 1 aromatic rings. The highest BCUT2D eigenvalue weighted by Crippen LogP contribution is 2.18. The second-order valence-corrected chi connectivity index (χ2v) is 28.4. The molecule has 0 aliphatic rings. The summed E-state index contributed by atoms with van der Waals surface area (Å²) in [6, 6.07) is -3.88. The SMILES string of the molecule is CC(C)[C@H](NC(=O)[C@H](CCC(=O)OC(C)(C)C)NC(=O)OCc1ccccc1)C(=O)N[C@H](C(=O)N[C@@H](CCC(=O)OC(C)(C)C)C(=O)N[C@@H](CCC(=O)OC(C)(C)C)C(=O)N[C@@H](C)C(=O)N[C@@H](CCC(=O)OC(C)(C)C)C(=O)N[C@@H](CC(N)=O)C(=O)OC(C)(C)C)C(C)C. The van der Waals surface area contributed by atoms with Gasteiger partial charge in [0, 0.05) is 25.7 Å². The van der Waals surface area contributed by atoms with Crippen LogP contribution in [0.4, 0.5) is 4.79 Å². The van der Waals surface area contributed by atoms with Crippen molar-refractivity contribution in [3.8, 4) is 0 Å². The minimum atomic E-state index is -1.71. The lowest BCUT2D eigenvalue weighted by Crippen LogP contribution is -2.61. The zero-order chi connectivity index (χ0) is 72.4. The smallest absolute Gasteiger partial charge is 0.408 e. The zero-order valence-corrected chi connectivity index (χ0v) is 58.5. The van der Waals surface area contributed by atoms with Gasteiger partial charge in [-0.15, -0.1) is 0 Å². The van der Waals surface area contributed by atoms with Crippen molar-refractivity contribution in [2.24, 2.45) is 17.6 Å². The van der Waals surface area contributed by atoms with E-state index in [0.717, 1.165) is 0 Å². The lowest BCUT2D eigenvalue weighted by atomic mass is 9.98. The Kier molecular flexibility index (Phi) is 33.3. The van der Waals surface area contributed by atoms with Crippen LogP contribution in [0, 0.1) is 11.8 Å². The molecule has 0 bridgehead atoms. The molecule has 0 unspecified atom stereocenters. The van der Waals surface area contributed by atoms with Crippen molar-refractivity contribution in [1.82, 2.24) is 42.5 Å². The highest BCUT2D eigenvalue weighted by molar-refractivity contribution is 5.98. The average molecular weight is 1330 g/mol. The van der Waals surface area contributed by atoms with E-state index in [4.69, 9.17) is 34.2 Å². The summed E-state index contributed by atoms with van der Waals surface area (Å²) < 4.78 is 32.4. The molecule has 9 amide bonds. The molecular weight excluding hydrogens is 1230 g/mol. The van der Waals surface area contributed by atoms with Gasteiger partial charge in [-0.2, -0.15) is 0 Å². The lowest BCUT2D eigenvalue weighted by molar-refractivity contribution is -0.160. The first-order valence-electron chi connectivity index (χ1n) is 31.4. The monoisotopic (exact) mass is 1330 g/mol. The summed E-state index contributed by atoms with van der Waals surface area (Å²) in [5.41, 5.74) is 1.16. The van der Waals surface area contributed by atoms with E-state index in [9.17, 15) is 67.1 Å². The normalized spacial score (nSPS) is 14.4. The summed E-state index contributed by atoms with van der Waals surface area (Å²) in [5, 5.41) is 20.0. The van der Waals surface area contributed by atoms with Crippen LogP contribution in [-0.2, 0) is 97.4 Å². The Bertz CT molecular complexity index is 2790. The molecule has 0 aromatic heterocycles. The summed E-state index contributed by atoms with van der Waals surface area (Å²) in [6.45, 7) is 31.3. The van der Waals surface area contributed by atoms with Crippen LogP contribution in [0.2, 0.25) is 0 Å². The average Bonchev–Trinajstić information content (AvgIpc) is 0.873. The molecule has 0 fully saturated rings. The number of hydrogen-bond donors (Lipinski definition) is 9. The number of esters is 5. The van der Waals surface area contributed by atoms with Crippen LogP contribution in [0.1, 0.15) is 202 Å². The summed E-state index contributed by atoms with van der Waals surface area (Å²) in [4.78, 5) is 190. The van der Waals surface area contributed by atoms with Gasteiger partial charge in [0.25, 0.3) is 0 Å². The van der Waals surface area contributed by atoms with Crippen molar-refractivity contribution < 1.29 is 95.5 Å². The van der Waals surface area contributed by atoms with Crippen LogP contribution in [0.15, 0.2) is 30.3 Å². The van der Waals surface area contributed by atoms with E-state index in [-0.39, 0.29) is 19.4 Å². The third kappa shape index (κ3) is 36.2. The van der Waals surface area contributed by atoms with Gasteiger partial charge in [-0.1, -0.05) is 58.0 Å². The molecule has 0 spiro atoms. The first kappa shape index (κ1) is 83.6. The Morgan fingerprint density at radius 3 is 1.02 bits per heavy atom.